The van der Waals surface area contributed by atoms with Crippen molar-refractivity contribution in [3.63, 3.8) is 0 Å². The summed E-state index contributed by atoms with van der Waals surface area (Å²) in [6, 6.07) is 13.0. The molecule has 2 heterocycles. The third kappa shape index (κ3) is 4.31. The van der Waals surface area contributed by atoms with Crippen LogP contribution in [0.1, 0.15) is 45.9 Å². The van der Waals surface area contributed by atoms with Gasteiger partial charge in [0.05, 0.1) is 6.10 Å². The standard InChI is InChI=1S/C30H26O11/c31-14-3-4-15(19(34)9-14)25-26-22(37)11-24-16(10-23(38)28(40-24)12-1-5-17(32)20(35)7-12)30(26)41-29(27(25)39)13-2-6-18(33)21(36)8-13/h1-9,11,23,25,27-29,31-39H,10H2/t23-,25+,27+,28+,29+/m1/s1. The SMILES string of the molecule is Oc1ccc([C@H]2c3c(O)cc4c(c3O[C@@H](c3ccc(O)c(O)c3)[C@H]2O)C[C@@H](O)[C@H](c2ccc(O)c(O)c2)O4)c(O)c1. The number of phenolic OH excluding ortho intramolecular Hbond substituents is 7. The van der Waals surface area contributed by atoms with Gasteiger partial charge >= 0.3 is 0 Å². The maximum absolute atomic E-state index is 11.6. The Bertz CT molecular complexity index is 1670. The first kappa shape index (κ1) is 26.2. The molecule has 0 saturated heterocycles. The smallest absolute Gasteiger partial charge is 0.157 e. The Balaban J connectivity index is 1.51. The van der Waals surface area contributed by atoms with Crippen LogP contribution in [0.3, 0.4) is 0 Å². The molecule has 0 spiro atoms. The van der Waals surface area contributed by atoms with Crippen LogP contribution in [0.15, 0.2) is 60.7 Å². The first-order chi connectivity index (χ1) is 19.5. The van der Waals surface area contributed by atoms with Gasteiger partial charge in [-0.25, -0.2) is 0 Å². The number of aromatic hydroxyl groups is 7. The zero-order valence-corrected chi connectivity index (χ0v) is 21.2. The molecule has 4 aromatic rings. The van der Waals surface area contributed by atoms with E-state index < -0.39 is 41.8 Å². The molecule has 0 saturated carbocycles. The Morgan fingerprint density at radius 2 is 1.22 bits per heavy atom. The fourth-order valence-corrected chi connectivity index (χ4v) is 5.61. The van der Waals surface area contributed by atoms with E-state index in [1.807, 2.05) is 0 Å². The first-order valence-electron chi connectivity index (χ1n) is 12.7. The molecule has 11 heteroatoms. The van der Waals surface area contributed by atoms with Crippen molar-refractivity contribution < 1.29 is 55.4 Å². The number of hydrogen-bond donors (Lipinski definition) is 9. The number of ether oxygens (including phenoxy) is 2. The molecule has 0 amide bonds. The van der Waals surface area contributed by atoms with Gasteiger partial charge in [-0.1, -0.05) is 18.2 Å². The highest BCUT2D eigenvalue weighted by Gasteiger charge is 2.45. The normalized spacial score (nSPS) is 23.1. The molecule has 5 atom stereocenters. The van der Waals surface area contributed by atoms with Crippen molar-refractivity contribution in [2.45, 2.75) is 36.8 Å². The second-order valence-corrected chi connectivity index (χ2v) is 10.2. The number of aliphatic hydroxyl groups excluding tert-OH is 2. The van der Waals surface area contributed by atoms with Crippen LogP contribution in [0.5, 0.6) is 51.7 Å². The van der Waals surface area contributed by atoms with Crippen molar-refractivity contribution in [2.24, 2.45) is 0 Å². The van der Waals surface area contributed by atoms with Crippen LogP contribution < -0.4 is 9.47 Å². The van der Waals surface area contributed by atoms with Crippen molar-refractivity contribution >= 4 is 0 Å². The third-order valence-corrected chi connectivity index (χ3v) is 7.59. The molecule has 9 N–H and O–H groups in total. The Labute approximate surface area is 232 Å². The van der Waals surface area contributed by atoms with Gasteiger partial charge in [0.1, 0.15) is 41.0 Å². The maximum Gasteiger partial charge on any atom is 0.157 e. The molecule has 2 aliphatic rings. The topological polar surface area (TPSA) is 201 Å². The van der Waals surface area contributed by atoms with Crippen molar-refractivity contribution in [3.8, 4) is 51.7 Å². The molecule has 0 unspecified atom stereocenters. The number of hydrogen-bond acceptors (Lipinski definition) is 11. The van der Waals surface area contributed by atoms with Crippen LogP contribution in [0.4, 0.5) is 0 Å². The highest BCUT2D eigenvalue weighted by atomic mass is 16.5. The number of fused-ring (bicyclic) bond motifs is 3. The third-order valence-electron chi connectivity index (χ3n) is 7.59. The predicted octanol–water partition coefficient (Wildman–Crippen LogP) is 3.29. The van der Waals surface area contributed by atoms with E-state index in [0.717, 1.165) is 6.07 Å². The van der Waals surface area contributed by atoms with Gasteiger partial charge in [0.25, 0.3) is 0 Å². The maximum atomic E-state index is 11.6. The monoisotopic (exact) mass is 562 g/mol. The highest BCUT2D eigenvalue weighted by molar-refractivity contribution is 5.64. The average molecular weight is 563 g/mol. The Morgan fingerprint density at radius 1 is 0.585 bits per heavy atom. The number of rotatable bonds is 3. The van der Waals surface area contributed by atoms with Gasteiger partial charge in [0.15, 0.2) is 29.1 Å². The predicted molar refractivity (Wildman–Crippen MR) is 142 cm³/mol. The Hall–Kier alpha value is -5.00. The number of benzene rings is 4. The molecule has 0 bridgehead atoms. The lowest BCUT2D eigenvalue weighted by Crippen LogP contribution is -2.37. The van der Waals surface area contributed by atoms with E-state index in [0.29, 0.717) is 11.1 Å². The van der Waals surface area contributed by atoms with E-state index in [1.54, 1.807) is 0 Å². The molecule has 0 fully saturated rings. The van der Waals surface area contributed by atoms with E-state index in [1.165, 1.54) is 54.6 Å². The van der Waals surface area contributed by atoms with Crippen LogP contribution in [-0.2, 0) is 6.42 Å². The van der Waals surface area contributed by atoms with Crippen molar-refractivity contribution in [1.82, 2.24) is 0 Å². The molecule has 0 aliphatic carbocycles. The van der Waals surface area contributed by atoms with E-state index in [-0.39, 0.29) is 63.4 Å². The summed E-state index contributed by atoms with van der Waals surface area (Å²) in [7, 11) is 0. The lowest BCUT2D eigenvalue weighted by molar-refractivity contribution is -0.00190. The molecule has 4 aromatic carbocycles. The number of phenols is 7. The molecule has 2 aliphatic heterocycles. The minimum Gasteiger partial charge on any atom is -0.508 e. The summed E-state index contributed by atoms with van der Waals surface area (Å²) in [6.07, 6.45) is -4.79. The summed E-state index contributed by atoms with van der Waals surface area (Å²) in [5.74, 6) is -3.36. The van der Waals surface area contributed by atoms with Crippen molar-refractivity contribution in [1.29, 1.82) is 0 Å². The minimum atomic E-state index is -1.44. The van der Waals surface area contributed by atoms with E-state index in [2.05, 4.69) is 0 Å². The van der Waals surface area contributed by atoms with Crippen molar-refractivity contribution in [3.05, 3.63) is 88.5 Å². The van der Waals surface area contributed by atoms with Gasteiger partial charge in [-0.15, -0.1) is 0 Å². The first-order valence-corrected chi connectivity index (χ1v) is 12.7. The van der Waals surface area contributed by atoms with Gasteiger partial charge in [-0.2, -0.15) is 0 Å². The van der Waals surface area contributed by atoms with Gasteiger partial charge < -0.3 is 55.4 Å². The van der Waals surface area contributed by atoms with Crippen LogP contribution >= 0.6 is 0 Å². The fraction of sp³-hybridized carbons (Fsp3) is 0.200. The van der Waals surface area contributed by atoms with Crippen LogP contribution in [0.25, 0.3) is 0 Å². The zero-order valence-electron chi connectivity index (χ0n) is 21.2. The summed E-state index contributed by atoms with van der Waals surface area (Å²) in [4.78, 5) is 0. The largest absolute Gasteiger partial charge is 0.508 e. The van der Waals surface area contributed by atoms with Crippen LogP contribution in [0, 0.1) is 0 Å². The molecule has 0 radical (unpaired) electrons. The zero-order chi connectivity index (χ0) is 29.2. The molecule has 41 heavy (non-hydrogen) atoms. The van der Waals surface area contributed by atoms with Gasteiger partial charge in [0, 0.05) is 41.2 Å². The summed E-state index contributed by atoms with van der Waals surface area (Å²) in [5, 5.41) is 94.1. The van der Waals surface area contributed by atoms with Gasteiger partial charge in [-0.3, -0.25) is 0 Å². The lowest BCUT2D eigenvalue weighted by atomic mass is 9.77. The van der Waals surface area contributed by atoms with Crippen LogP contribution in [0.2, 0.25) is 0 Å². The lowest BCUT2D eigenvalue weighted by Gasteiger charge is -2.41. The summed E-state index contributed by atoms with van der Waals surface area (Å²) in [6.45, 7) is 0. The Morgan fingerprint density at radius 3 is 1.83 bits per heavy atom. The van der Waals surface area contributed by atoms with E-state index in [9.17, 15) is 46.0 Å². The quantitative estimate of drug-likeness (QED) is 0.166. The van der Waals surface area contributed by atoms with Crippen LogP contribution in [-0.4, -0.2) is 58.2 Å². The highest BCUT2D eigenvalue weighted by Crippen LogP contribution is 2.56. The minimum absolute atomic E-state index is 0.0395. The number of aliphatic hydroxyl groups is 2. The molecule has 6 rings (SSSR count). The fourth-order valence-electron chi connectivity index (χ4n) is 5.61. The molecular weight excluding hydrogens is 536 g/mol. The van der Waals surface area contributed by atoms with Gasteiger partial charge in [-0.05, 0) is 41.5 Å². The molecule has 11 nitrogen and oxygen atoms in total. The second kappa shape index (κ2) is 9.58. The second-order valence-electron chi connectivity index (χ2n) is 10.2. The summed E-state index contributed by atoms with van der Waals surface area (Å²) >= 11 is 0. The Kier molecular flexibility index (Phi) is 6.13. The van der Waals surface area contributed by atoms with E-state index >= 15 is 0 Å². The molecule has 212 valence electrons. The van der Waals surface area contributed by atoms with E-state index in [4.69, 9.17) is 9.47 Å². The summed E-state index contributed by atoms with van der Waals surface area (Å²) < 4.78 is 12.3. The van der Waals surface area contributed by atoms with Gasteiger partial charge in [0.2, 0.25) is 0 Å². The molecule has 0 aromatic heterocycles. The van der Waals surface area contributed by atoms with Crippen molar-refractivity contribution in [2.75, 3.05) is 0 Å². The molecular formula is C30H26O11. The summed E-state index contributed by atoms with van der Waals surface area (Å²) in [5.41, 5.74) is 1.27. The average Bonchev–Trinajstić information content (AvgIpc) is 2.92.